The van der Waals surface area contributed by atoms with Crippen LogP contribution in [-0.4, -0.2) is 26.1 Å². The molecule has 0 fully saturated rings. The Hall–Kier alpha value is -0.123. The standard InChI is InChI=1S/C20H42O2Si/c1-7-8-9-10-11-12-13-14-15-16-19(21)17-18-22-23(5,6)20(2,3)4/h14-15,19,21H,7-13,16-18H2,1-6H3/b15-14-. The van der Waals surface area contributed by atoms with E-state index in [1.165, 1.54) is 38.5 Å². The maximum absolute atomic E-state index is 10.0. The van der Waals surface area contributed by atoms with E-state index in [2.05, 4.69) is 52.9 Å². The molecule has 0 aliphatic heterocycles. The van der Waals surface area contributed by atoms with Crippen molar-refractivity contribution < 1.29 is 9.53 Å². The highest BCUT2D eigenvalue weighted by Gasteiger charge is 2.36. The molecule has 0 saturated heterocycles. The minimum Gasteiger partial charge on any atom is -0.417 e. The molecule has 0 aromatic heterocycles. The summed E-state index contributed by atoms with van der Waals surface area (Å²) >= 11 is 0. The second-order valence-electron chi connectivity index (χ2n) is 8.31. The number of rotatable bonds is 13. The van der Waals surface area contributed by atoms with Crippen LogP contribution in [0.2, 0.25) is 18.1 Å². The van der Waals surface area contributed by atoms with E-state index in [1.54, 1.807) is 0 Å². The van der Waals surface area contributed by atoms with Gasteiger partial charge in [-0.2, -0.15) is 0 Å². The molecule has 0 bridgehead atoms. The first-order valence-corrected chi connectivity index (χ1v) is 12.6. The van der Waals surface area contributed by atoms with E-state index in [-0.39, 0.29) is 11.1 Å². The lowest BCUT2D eigenvalue weighted by Gasteiger charge is -2.36. The second-order valence-corrected chi connectivity index (χ2v) is 13.1. The van der Waals surface area contributed by atoms with Crippen LogP contribution in [0, 0.1) is 0 Å². The summed E-state index contributed by atoms with van der Waals surface area (Å²) in [5.41, 5.74) is 0. The fourth-order valence-corrected chi connectivity index (χ4v) is 3.26. The monoisotopic (exact) mass is 342 g/mol. The molecule has 138 valence electrons. The van der Waals surface area contributed by atoms with Gasteiger partial charge in [-0.15, -0.1) is 0 Å². The average molecular weight is 343 g/mol. The maximum atomic E-state index is 10.0. The summed E-state index contributed by atoms with van der Waals surface area (Å²) in [6.07, 6.45) is 14.8. The molecule has 0 radical (unpaired) electrons. The van der Waals surface area contributed by atoms with Crippen LogP contribution < -0.4 is 0 Å². The Balaban J connectivity index is 3.64. The first-order chi connectivity index (χ1) is 10.7. The number of unbranched alkanes of at least 4 members (excludes halogenated alkanes) is 6. The molecule has 0 aliphatic rings. The van der Waals surface area contributed by atoms with Gasteiger partial charge in [-0.05, 0) is 43.8 Å². The lowest BCUT2D eigenvalue weighted by Crippen LogP contribution is -2.41. The van der Waals surface area contributed by atoms with E-state index >= 15 is 0 Å². The van der Waals surface area contributed by atoms with E-state index in [1.807, 2.05) is 0 Å². The Bertz CT molecular complexity index is 305. The summed E-state index contributed by atoms with van der Waals surface area (Å²) in [4.78, 5) is 0. The molecule has 0 aliphatic carbocycles. The zero-order valence-electron chi connectivity index (χ0n) is 16.7. The number of hydrogen-bond acceptors (Lipinski definition) is 2. The normalized spacial score (nSPS) is 14.6. The number of aliphatic hydroxyl groups excluding tert-OH is 1. The van der Waals surface area contributed by atoms with Crippen molar-refractivity contribution in [3.63, 3.8) is 0 Å². The van der Waals surface area contributed by atoms with Crippen LogP contribution in [0.1, 0.15) is 85.5 Å². The van der Waals surface area contributed by atoms with Gasteiger partial charge in [0.25, 0.3) is 0 Å². The predicted octanol–water partition coefficient (Wildman–Crippen LogP) is 6.46. The van der Waals surface area contributed by atoms with Crippen LogP contribution in [0.25, 0.3) is 0 Å². The molecule has 0 spiro atoms. The summed E-state index contributed by atoms with van der Waals surface area (Å²) in [6, 6.07) is 0. The van der Waals surface area contributed by atoms with Crippen LogP contribution in [0.15, 0.2) is 12.2 Å². The van der Waals surface area contributed by atoms with Crippen molar-refractivity contribution in [2.75, 3.05) is 6.61 Å². The Kier molecular flexibility index (Phi) is 12.2. The highest BCUT2D eigenvalue weighted by molar-refractivity contribution is 6.74. The van der Waals surface area contributed by atoms with Crippen LogP contribution >= 0.6 is 0 Å². The van der Waals surface area contributed by atoms with Gasteiger partial charge in [0.1, 0.15) is 0 Å². The summed E-state index contributed by atoms with van der Waals surface area (Å²) in [6.45, 7) is 14.2. The molecule has 1 N–H and O–H groups in total. The van der Waals surface area contributed by atoms with Gasteiger partial charge in [0, 0.05) is 6.61 Å². The third-order valence-corrected chi connectivity index (χ3v) is 9.56. The van der Waals surface area contributed by atoms with Crippen molar-refractivity contribution in [2.24, 2.45) is 0 Å². The SMILES string of the molecule is CCCCCCCC/C=C\CC(O)CCO[Si](C)(C)C(C)(C)C. The molecule has 1 unspecified atom stereocenters. The minimum absolute atomic E-state index is 0.245. The quantitative estimate of drug-likeness (QED) is 0.236. The highest BCUT2D eigenvalue weighted by Crippen LogP contribution is 2.36. The van der Waals surface area contributed by atoms with Gasteiger partial charge in [0.05, 0.1) is 6.10 Å². The zero-order valence-corrected chi connectivity index (χ0v) is 17.7. The lowest BCUT2D eigenvalue weighted by atomic mass is 10.1. The van der Waals surface area contributed by atoms with Crippen molar-refractivity contribution >= 4 is 8.32 Å². The highest BCUT2D eigenvalue weighted by atomic mass is 28.4. The van der Waals surface area contributed by atoms with Gasteiger partial charge in [0.15, 0.2) is 8.32 Å². The van der Waals surface area contributed by atoms with Gasteiger partial charge >= 0.3 is 0 Å². The third kappa shape index (κ3) is 12.0. The van der Waals surface area contributed by atoms with Crippen LogP contribution in [0.5, 0.6) is 0 Å². The molecule has 0 rings (SSSR count). The van der Waals surface area contributed by atoms with Gasteiger partial charge < -0.3 is 9.53 Å². The number of hydrogen-bond donors (Lipinski definition) is 1. The van der Waals surface area contributed by atoms with Crippen LogP contribution in [0.4, 0.5) is 0 Å². The molecule has 23 heavy (non-hydrogen) atoms. The van der Waals surface area contributed by atoms with Gasteiger partial charge in [-0.25, -0.2) is 0 Å². The van der Waals surface area contributed by atoms with E-state index in [4.69, 9.17) is 4.43 Å². The molecule has 0 saturated carbocycles. The first kappa shape index (κ1) is 22.9. The zero-order chi connectivity index (χ0) is 17.8. The number of aliphatic hydroxyl groups is 1. The largest absolute Gasteiger partial charge is 0.417 e. The lowest BCUT2D eigenvalue weighted by molar-refractivity contribution is 0.137. The average Bonchev–Trinajstić information content (AvgIpc) is 2.44. The summed E-state index contributed by atoms with van der Waals surface area (Å²) in [5, 5.41) is 10.3. The van der Waals surface area contributed by atoms with Crippen molar-refractivity contribution in [1.29, 1.82) is 0 Å². The Morgan fingerprint density at radius 1 is 1.00 bits per heavy atom. The fraction of sp³-hybridized carbons (Fsp3) is 0.900. The van der Waals surface area contributed by atoms with E-state index in [0.29, 0.717) is 6.61 Å². The molecular formula is C20H42O2Si. The summed E-state index contributed by atoms with van der Waals surface area (Å²) in [7, 11) is -1.66. The smallest absolute Gasteiger partial charge is 0.191 e. The van der Waals surface area contributed by atoms with Crippen molar-refractivity contribution in [2.45, 2.75) is 110 Å². The van der Waals surface area contributed by atoms with E-state index < -0.39 is 8.32 Å². The predicted molar refractivity (Wildman–Crippen MR) is 106 cm³/mol. The summed E-state index contributed by atoms with van der Waals surface area (Å²) < 4.78 is 6.11. The Morgan fingerprint density at radius 3 is 2.22 bits per heavy atom. The van der Waals surface area contributed by atoms with Crippen molar-refractivity contribution in [1.82, 2.24) is 0 Å². The van der Waals surface area contributed by atoms with Crippen LogP contribution in [0.3, 0.4) is 0 Å². The van der Waals surface area contributed by atoms with Gasteiger partial charge in [0.2, 0.25) is 0 Å². The first-order valence-electron chi connectivity index (χ1n) is 9.67. The molecule has 0 heterocycles. The molecule has 0 aromatic carbocycles. The van der Waals surface area contributed by atoms with E-state index in [9.17, 15) is 5.11 Å². The molecule has 1 atom stereocenters. The fourth-order valence-electron chi connectivity index (χ4n) is 2.20. The Labute approximate surface area is 146 Å². The van der Waals surface area contributed by atoms with Crippen molar-refractivity contribution in [3.05, 3.63) is 12.2 Å². The van der Waals surface area contributed by atoms with Crippen LogP contribution in [-0.2, 0) is 4.43 Å². The maximum Gasteiger partial charge on any atom is 0.191 e. The second kappa shape index (κ2) is 12.3. The number of allylic oxidation sites excluding steroid dienone is 1. The third-order valence-electron chi connectivity index (χ3n) is 5.02. The Morgan fingerprint density at radius 2 is 1.61 bits per heavy atom. The van der Waals surface area contributed by atoms with Crippen molar-refractivity contribution in [3.8, 4) is 0 Å². The molecule has 0 aromatic rings. The van der Waals surface area contributed by atoms with E-state index in [0.717, 1.165) is 19.3 Å². The van der Waals surface area contributed by atoms with Gasteiger partial charge in [-0.1, -0.05) is 72.0 Å². The molecule has 2 nitrogen and oxygen atoms in total. The molecular weight excluding hydrogens is 300 g/mol. The minimum atomic E-state index is -1.66. The molecule has 3 heteroatoms. The topological polar surface area (TPSA) is 29.5 Å². The summed E-state index contributed by atoms with van der Waals surface area (Å²) in [5.74, 6) is 0. The van der Waals surface area contributed by atoms with Gasteiger partial charge in [-0.3, -0.25) is 0 Å². The molecule has 0 amide bonds.